The Kier molecular flexibility index (Phi) is 5.16. The van der Waals surface area contributed by atoms with Crippen LogP contribution in [0, 0.1) is 0 Å². The highest BCUT2D eigenvalue weighted by Crippen LogP contribution is 2.47. The van der Waals surface area contributed by atoms with Gasteiger partial charge in [-0.2, -0.15) is 0 Å². The quantitative estimate of drug-likeness (QED) is 0.768. The van der Waals surface area contributed by atoms with Crippen molar-refractivity contribution < 1.29 is 19.1 Å². The van der Waals surface area contributed by atoms with Crippen molar-refractivity contribution in [1.82, 2.24) is 0 Å². The van der Waals surface area contributed by atoms with Crippen LogP contribution < -0.4 is 5.73 Å². The van der Waals surface area contributed by atoms with Crippen LogP contribution in [-0.4, -0.2) is 18.9 Å². The molecule has 2 aromatic carbocycles. The van der Waals surface area contributed by atoms with Crippen molar-refractivity contribution in [1.29, 1.82) is 0 Å². The molecule has 0 fully saturated rings. The summed E-state index contributed by atoms with van der Waals surface area (Å²) in [5.41, 5.74) is 8.48. The molecule has 5 nitrogen and oxygen atoms in total. The second-order valence-electron chi connectivity index (χ2n) is 7.14. The van der Waals surface area contributed by atoms with Crippen LogP contribution in [-0.2, 0) is 19.1 Å². The van der Waals surface area contributed by atoms with Crippen LogP contribution in [0.2, 0.25) is 5.02 Å². The number of benzene rings is 2. The zero-order valence-electron chi connectivity index (χ0n) is 15.9. The molecule has 0 saturated carbocycles. The standard InChI is InChI=1S/C23H20ClNO4/c1-28-23(27)21-19(14-8-5-9-16(24)10-14)20-17(26)11-15(12-18(20)29-22(21)25)13-6-3-2-4-7-13/h2-10,15,19H,11-12,25H2,1H3/t15-,19-/m1/s1. The molecule has 0 amide bonds. The minimum absolute atomic E-state index is 0.00469. The maximum atomic E-state index is 13.3. The number of Topliss-reactive ketones (excluding diaryl/α,β-unsaturated/α-hetero) is 1. The van der Waals surface area contributed by atoms with Gasteiger partial charge in [-0.15, -0.1) is 0 Å². The zero-order chi connectivity index (χ0) is 20.5. The summed E-state index contributed by atoms with van der Waals surface area (Å²) in [5.74, 6) is -0.910. The maximum absolute atomic E-state index is 13.3. The largest absolute Gasteiger partial charge is 0.465 e. The third-order valence-electron chi connectivity index (χ3n) is 5.40. The predicted molar refractivity (Wildman–Crippen MR) is 109 cm³/mol. The number of hydrogen-bond acceptors (Lipinski definition) is 5. The van der Waals surface area contributed by atoms with Crippen LogP contribution in [0.4, 0.5) is 0 Å². The summed E-state index contributed by atoms with van der Waals surface area (Å²) in [6.07, 6.45) is 0.856. The number of ether oxygens (including phenoxy) is 2. The number of esters is 1. The van der Waals surface area contributed by atoms with Gasteiger partial charge in [-0.3, -0.25) is 4.79 Å². The van der Waals surface area contributed by atoms with Crippen LogP contribution in [0.5, 0.6) is 0 Å². The lowest BCUT2D eigenvalue weighted by Gasteiger charge is -2.35. The van der Waals surface area contributed by atoms with Gasteiger partial charge in [-0.05, 0) is 29.2 Å². The maximum Gasteiger partial charge on any atom is 0.340 e. The Labute approximate surface area is 173 Å². The van der Waals surface area contributed by atoms with Crippen LogP contribution in [0.1, 0.15) is 35.8 Å². The molecule has 0 spiro atoms. The number of rotatable bonds is 3. The minimum Gasteiger partial charge on any atom is -0.465 e. The number of methoxy groups -OCH3 is 1. The number of allylic oxidation sites excluding steroid dienone is 2. The third-order valence-corrected chi connectivity index (χ3v) is 5.63. The first-order valence-corrected chi connectivity index (χ1v) is 9.69. The minimum atomic E-state index is -0.672. The highest BCUT2D eigenvalue weighted by Gasteiger charge is 2.43. The molecule has 4 rings (SSSR count). The highest BCUT2D eigenvalue weighted by atomic mass is 35.5. The Hall–Kier alpha value is -3.05. The van der Waals surface area contributed by atoms with Crippen LogP contribution in [0.15, 0.2) is 77.4 Å². The van der Waals surface area contributed by atoms with Crippen molar-refractivity contribution in [3.63, 3.8) is 0 Å². The van der Waals surface area contributed by atoms with E-state index in [1.165, 1.54) is 7.11 Å². The Balaban J connectivity index is 1.82. The van der Waals surface area contributed by atoms with Gasteiger partial charge in [0.05, 0.1) is 13.0 Å². The third kappa shape index (κ3) is 3.54. The molecular formula is C23H20ClNO4. The first kappa shape index (κ1) is 19.3. The zero-order valence-corrected chi connectivity index (χ0v) is 16.6. The van der Waals surface area contributed by atoms with E-state index < -0.39 is 11.9 Å². The van der Waals surface area contributed by atoms with Crippen molar-refractivity contribution in [3.05, 3.63) is 93.5 Å². The van der Waals surface area contributed by atoms with Gasteiger partial charge < -0.3 is 15.2 Å². The van der Waals surface area contributed by atoms with Gasteiger partial charge >= 0.3 is 5.97 Å². The summed E-state index contributed by atoms with van der Waals surface area (Å²) in [6, 6.07) is 16.9. The Morgan fingerprint density at radius 3 is 2.52 bits per heavy atom. The van der Waals surface area contributed by atoms with Crippen molar-refractivity contribution in [2.45, 2.75) is 24.7 Å². The van der Waals surface area contributed by atoms with Gasteiger partial charge in [0, 0.05) is 23.4 Å². The van der Waals surface area contributed by atoms with Crippen molar-refractivity contribution in [2.75, 3.05) is 7.11 Å². The van der Waals surface area contributed by atoms with Gasteiger partial charge in [0.15, 0.2) is 5.78 Å². The van der Waals surface area contributed by atoms with Gasteiger partial charge in [0.1, 0.15) is 11.3 Å². The molecule has 0 bridgehead atoms. The molecule has 0 aromatic heterocycles. The summed E-state index contributed by atoms with van der Waals surface area (Å²) in [5, 5.41) is 0.504. The molecule has 0 saturated heterocycles. The Bertz CT molecular complexity index is 1040. The number of ketones is 1. The highest BCUT2D eigenvalue weighted by molar-refractivity contribution is 6.30. The van der Waals surface area contributed by atoms with Crippen LogP contribution in [0.25, 0.3) is 0 Å². The lowest BCUT2D eigenvalue weighted by Crippen LogP contribution is -2.32. The summed E-state index contributed by atoms with van der Waals surface area (Å²) < 4.78 is 10.7. The molecule has 2 aliphatic rings. The second kappa shape index (κ2) is 7.76. The Morgan fingerprint density at radius 1 is 1.10 bits per heavy atom. The average Bonchev–Trinajstić information content (AvgIpc) is 2.72. The van der Waals surface area contributed by atoms with E-state index >= 15 is 0 Å². The molecule has 2 N–H and O–H groups in total. The van der Waals surface area contributed by atoms with E-state index in [2.05, 4.69) is 0 Å². The fourth-order valence-corrected chi connectivity index (χ4v) is 4.30. The van der Waals surface area contributed by atoms with Crippen LogP contribution >= 0.6 is 11.6 Å². The van der Waals surface area contributed by atoms with Gasteiger partial charge in [0.25, 0.3) is 0 Å². The van der Waals surface area contributed by atoms with Gasteiger partial charge in [-0.25, -0.2) is 4.79 Å². The molecule has 1 aliphatic heterocycles. The lowest BCUT2D eigenvalue weighted by molar-refractivity contribution is -0.136. The number of nitrogens with two attached hydrogens (primary N) is 1. The fraction of sp³-hybridized carbons (Fsp3) is 0.217. The monoisotopic (exact) mass is 409 g/mol. The fourth-order valence-electron chi connectivity index (χ4n) is 4.10. The van der Waals surface area contributed by atoms with Crippen molar-refractivity contribution >= 4 is 23.4 Å². The predicted octanol–water partition coefficient (Wildman–Crippen LogP) is 4.20. The normalized spacial score (nSPS) is 21.5. The lowest BCUT2D eigenvalue weighted by atomic mass is 9.73. The molecule has 1 heterocycles. The van der Waals surface area contributed by atoms with E-state index in [1.807, 2.05) is 36.4 Å². The van der Waals surface area contributed by atoms with Crippen molar-refractivity contribution in [2.24, 2.45) is 5.73 Å². The molecule has 148 valence electrons. The number of carbonyl (C=O) groups is 2. The number of halogens is 1. The molecule has 29 heavy (non-hydrogen) atoms. The summed E-state index contributed by atoms with van der Waals surface area (Å²) in [4.78, 5) is 25.8. The smallest absolute Gasteiger partial charge is 0.340 e. The van der Waals surface area contributed by atoms with E-state index in [-0.39, 0.29) is 23.2 Å². The molecule has 0 radical (unpaired) electrons. The van der Waals surface area contributed by atoms with E-state index in [4.69, 9.17) is 26.8 Å². The number of carbonyl (C=O) groups excluding carboxylic acids is 2. The first-order chi connectivity index (χ1) is 14.0. The topological polar surface area (TPSA) is 78.6 Å². The van der Waals surface area contributed by atoms with Gasteiger partial charge in [-0.1, -0.05) is 54.1 Å². The average molecular weight is 410 g/mol. The van der Waals surface area contributed by atoms with E-state index in [0.29, 0.717) is 34.8 Å². The van der Waals surface area contributed by atoms with Gasteiger partial charge in [0.2, 0.25) is 5.88 Å². The Morgan fingerprint density at radius 2 is 1.83 bits per heavy atom. The molecule has 6 heteroatoms. The second-order valence-corrected chi connectivity index (χ2v) is 7.57. The molecule has 2 aromatic rings. The van der Waals surface area contributed by atoms with E-state index in [1.54, 1.807) is 18.2 Å². The van der Waals surface area contributed by atoms with E-state index in [9.17, 15) is 9.59 Å². The van der Waals surface area contributed by atoms with Crippen molar-refractivity contribution in [3.8, 4) is 0 Å². The molecule has 1 aliphatic carbocycles. The van der Waals surface area contributed by atoms with E-state index in [0.717, 1.165) is 5.56 Å². The molecular weight excluding hydrogens is 390 g/mol. The summed E-state index contributed by atoms with van der Waals surface area (Å²) in [7, 11) is 1.27. The summed E-state index contributed by atoms with van der Waals surface area (Å²) >= 11 is 6.18. The summed E-state index contributed by atoms with van der Waals surface area (Å²) in [6.45, 7) is 0. The van der Waals surface area contributed by atoms with Crippen LogP contribution in [0.3, 0.4) is 0 Å². The molecule has 2 atom stereocenters. The molecule has 0 unspecified atom stereocenters. The first-order valence-electron chi connectivity index (χ1n) is 9.32. The number of hydrogen-bond donors (Lipinski definition) is 1. The SMILES string of the molecule is COC(=O)C1=C(N)OC2=C(C(=O)C[C@@H](c3ccccc3)C2)[C@H]1c1cccc(Cl)c1.